The lowest BCUT2D eigenvalue weighted by Gasteiger charge is -2.05. The van der Waals surface area contributed by atoms with Crippen LogP contribution in [-0.2, 0) is 9.53 Å². The summed E-state index contributed by atoms with van der Waals surface area (Å²) in [6, 6.07) is 5.07. The standard InChI is InChI=1S/C14H17BrO4/c1-18-12-6-4-5-11(14(12)17)7-8-13(16)19-10-3-2-9-15/h4-8,17H,2-3,9-10H2,1H3. The fourth-order valence-electron chi connectivity index (χ4n) is 1.41. The van der Waals surface area contributed by atoms with Crippen LogP contribution in [0.2, 0.25) is 0 Å². The van der Waals surface area contributed by atoms with Crippen molar-refractivity contribution in [2.45, 2.75) is 12.8 Å². The van der Waals surface area contributed by atoms with Gasteiger partial charge in [-0.1, -0.05) is 28.1 Å². The van der Waals surface area contributed by atoms with Crippen molar-refractivity contribution >= 4 is 28.0 Å². The van der Waals surface area contributed by atoms with Crippen LogP contribution in [0.15, 0.2) is 24.3 Å². The minimum Gasteiger partial charge on any atom is -0.504 e. The Balaban J connectivity index is 2.54. The molecule has 0 aliphatic rings. The monoisotopic (exact) mass is 328 g/mol. The molecule has 0 heterocycles. The average molecular weight is 329 g/mol. The number of alkyl halides is 1. The Kier molecular flexibility index (Phi) is 7.03. The van der Waals surface area contributed by atoms with Crippen molar-refractivity contribution < 1.29 is 19.4 Å². The normalized spacial score (nSPS) is 10.6. The number of phenolic OH excluding ortho intramolecular Hbond substituents is 1. The first-order chi connectivity index (χ1) is 9.19. The van der Waals surface area contributed by atoms with Gasteiger partial charge in [0, 0.05) is 17.0 Å². The molecule has 0 aliphatic heterocycles. The molecule has 4 nitrogen and oxygen atoms in total. The van der Waals surface area contributed by atoms with Crippen LogP contribution in [0.3, 0.4) is 0 Å². The second-order valence-electron chi connectivity index (χ2n) is 3.80. The van der Waals surface area contributed by atoms with Gasteiger partial charge in [-0.05, 0) is 25.0 Å². The zero-order chi connectivity index (χ0) is 14.1. The molecule has 104 valence electrons. The molecule has 0 saturated carbocycles. The van der Waals surface area contributed by atoms with Crippen LogP contribution in [0.5, 0.6) is 11.5 Å². The zero-order valence-corrected chi connectivity index (χ0v) is 12.4. The van der Waals surface area contributed by atoms with E-state index in [2.05, 4.69) is 15.9 Å². The highest BCUT2D eigenvalue weighted by Crippen LogP contribution is 2.30. The molecule has 1 aromatic carbocycles. The minimum absolute atomic E-state index is 0.00772. The summed E-state index contributed by atoms with van der Waals surface area (Å²) >= 11 is 3.31. The third kappa shape index (κ3) is 5.34. The molecular formula is C14H17BrO4. The van der Waals surface area contributed by atoms with Crippen LogP contribution >= 0.6 is 15.9 Å². The van der Waals surface area contributed by atoms with Gasteiger partial charge in [0.15, 0.2) is 11.5 Å². The van der Waals surface area contributed by atoms with Crippen molar-refractivity contribution in [1.29, 1.82) is 0 Å². The number of halogens is 1. The van der Waals surface area contributed by atoms with Crippen LogP contribution < -0.4 is 4.74 Å². The fourth-order valence-corrected chi connectivity index (χ4v) is 1.81. The second kappa shape index (κ2) is 8.58. The van der Waals surface area contributed by atoms with Gasteiger partial charge in [-0.25, -0.2) is 4.79 Å². The fraction of sp³-hybridized carbons (Fsp3) is 0.357. The number of rotatable bonds is 7. The maximum atomic E-state index is 11.4. The number of methoxy groups -OCH3 is 1. The molecular weight excluding hydrogens is 312 g/mol. The molecule has 0 aromatic heterocycles. The molecule has 0 unspecified atom stereocenters. The number of unbranched alkanes of at least 4 members (excludes halogenated alkanes) is 1. The summed E-state index contributed by atoms with van der Waals surface area (Å²) in [5.74, 6) is -0.0435. The van der Waals surface area contributed by atoms with Crippen molar-refractivity contribution in [1.82, 2.24) is 0 Å². The van der Waals surface area contributed by atoms with Crippen LogP contribution in [0.25, 0.3) is 6.08 Å². The number of hydrogen-bond donors (Lipinski definition) is 1. The van der Waals surface area contributed by atoms with Gasteiger partial charge in [0.25, 0.3) is 0 Å². The molecule has 0 saturated heterocycles. The lowest BCUT2D eigenvalue weighted by molar-refractivity contribution is -0.137. The highest BCUT2D eigenvalue weighted by Gasteiger charge is 2.05. The largest absolute Gasteiger partial charge is 0.504 e. The summed E-state index contributed by atoms with van der Waals surface area (Å²) in [5.41, 5.74) is 0.511. The van der Waals surface area contributed by atoms with Gasteiger partial charge in [-0.2, -0.15) is 0 Å². The Morgan fingerprint density at radius 3 is 2.89 bits per heavy atom. The number of hydrogen-bond acceptors (Lipinski definition) is 4. The zero-order valence-electron chi connectivity index (χ0n) is 10.8. The Morgan fingerprint density at radius 2 is 2.21 bits per heavy atom. The maximum absolute atomic E-state index is 11.4. The number of phenols is 1. The van der Waals surface area contributed by atoms with Gasteiger partial charge in [-0.15, -0.1) is 0 Å². The van der Waals surface area contributed by atoms with Gasteiger partial charge in [0.1, 0.15) is 0 Å². The first-order valence-corrected chi connectivity index (χ1v) is 7.08. The number of carbonyl (C=O) groups excluding carboxylic acids is 1. The molecule has 1 aromatic rings. The predicted molar refractivity (Wildman–Crippen MR) is 77.7 cm³/mol. The third-order valence-electron chi connectivity index (χ3n) is 2.42. The van der Waals surface area contributed by atoms with Crippen molar-refractivity contribution in [3.63, 3.8) is 0 Å². The highest BCUT2D eigenvalue weighted by atomic mass is 79.9. The number of benzene rings is 1. The second-order valence-corrected chi connectivity index (χ2v) is 4.59. The summed E-state index contributed by atoms with van der Waals surface area (Å²) in [6.45, 7) is 0.402. The summed E-state index contributed by atoms with van der Waals surface area (Å²) in [6.07, 6.45) is 4.59. The van der Waals surface area contributed by atoms with E-state index in [1.54, 1.807) is 18.2 Å². The lowest BCUT2D eigenvalue weighted by Crippen LogP contribution is -2.02. The number of ether oxygens (including phenoxy) is 2. The van der Waals surface area contributed by atoms with E-state index in [1.807, 2.05) is 0 Å². The number of carbonyl (C=O) groups is 1. The molecule has 1 rings (SSSR count). The Bertz CT molecular complexity index is 443. The smallest absolute Gasteiger partial charge is 0.330 e. The summed E-state index contributed by atoms with van der Waals surface area (Å²) in [7, 11) is 1.47. The van der Waals surface area contributed by atoms with Crippen molar-refractivity contribution in [3.8, 4) is 11.5 Å². The average Bonchev–Trinajstić information content (AvgIpc) is 2.42. The molecule has 0 spiro atoms. The van der Waals surface area contributed by atoms with Crippen molar-refractivity contribution in [3.05, 3.63) is 29.8 Å². The summed E-state index contributed by atoms with van der Waals surface area (Å²) in [4.78, 5) is 11.4. The van der Waals surface area contributed by atoms with Gasteiger partial charge in [0.2, 0.25) is 0 Å². The number of aromatic hydroxyl groups is 1. The van der Waals surface area contributed by atoms with E-state index in [4.69, 9.17) is 9.47 Å². The Morgan fingerprint density at radius 1 is 1.42 bits per heavy atom. The van der Waals surface area contributed by atoms with Gasteiger partial charge < -0.3 is 14.6 Å². The molecule has 0 radical (unpaired) electrons. The van der Waals surface area contributed by atoms with Crippen molar-refractivity contribution in [2.75, 3.05) is 19.0 Å². The number of para-hydroxylation sites is 1. The van der Waals surface area contributed by atoms with E-state index in [0.29, 0.717) is 17.9 Å². The summed E-state index contributed by atoms with van der Waals surface area (Å²) < 4.78 is 9.98. The third-order valence-corrected chi connectivity index (χ3v) is 2.98. The quantitative estimate of drug-likeness (QED) is 0.361. The van der Waals surface area contributed by atoms with Gasteiger partial charge >= 0.3 is 5.97 Å². The molecule has 5 heteroatoms. The topological polar surface area (TPSA) is 55.8 Å². The molecule has 0 atom stereocenters. The van der Waals surface area contributed by atoms with E-state index in [1.165, 1.54) is 19.3 Å². The molecule has 0 bridgehead atoms. The van der Waals surface area contributed by atoms with Crippen LogP contribution in [0.4, 0.5) is 0 Å². The molecule has 0 aliphatic carbocycles. The van der Waals surface area contributed by atoms with Gasteiger partial charge in [0.05, 0.1) is 13.7 Å². The minimum atomic E-state index is -0.420. The maximum Gasteiger partial charge on any atom is 0.330 e. The first kappa shape index (κ1) is 15.6. The van der Waals surface area contributed by atoms with Crippen molar-refractivity contribution in [2.24, 2.45) is 0 Å². The van der Waals surface area contributed by atoms with Crippen LogP contribution in [0.1, 0.15) is 18.4 Å². The van der Waals surface area contributed by atoms with E-state index < -0.39 is 5.97 Å². The van der Waals surface area contributed by atoms with E-state index in [0.717, 1.165) is 18.2 Å². The molecule has 0 fully saturated rings. The molecule has 0 amide bonds. The predicted octanol–water partition coefficient (Wildman–Crippen LogP) is 3.13. The number of esters is 1. The first-order valence-electron chi connectivity index (χ1n) is 5.95. The van der Waals surface area contributed by atoms with E-state index >= 15 is 0 Å². The Labute approximate surface area is 121 Å². The van der Waals surface area contributed by atoms with E-state index in [9.17, 15) is 9.90 Å². The Hall–Kier alpha value is -1.49. The van der Waals surface area contributed by atoms with Gasteiger partial charge in [-0.3, -0.25) is 0 Å². The molecule has 19 heavy (non-hydrogen) atoms. The van der Waals surface area contributed by atoms with Crippen LogP contribution in [-0.4, -0.2) is 30.1 Å². The summed E-state index contributed by atoms with van der Waals surface area (Å²) in [5, 5.41) is 10.7. The van der Waals surface area contributed by atoms with Crippen LogP contribution in [0, 0.1) is 0 Å². The molecule has 1 N–H and O–H groups in total. The van der Waals surface area contributed by atoms with E-state index in [-0.39, 0.29) is 5.75 Å². The lowest BCUT2D eigenvalue weighted by atomic mass is 10.1. The SMILES string of the molecule is COc1cccc(C=CC(=O)OCCCCBr)c1O. The highest BCUT2D eigenvalue weighted by molar-refractivity contribution is 9.09.